The van der Waals surface area contributed by atoms with Crippen molar-refractivity contribution in [3.63, 3.8) is 0 Å². The highest BCUT2D eigenvalue weighted by atomic mass is 16.8. The van der Waals surface area contributed by atoms with E-state index >= 15 is 0 Å². The molecule has 1 aliphatic heterocycles. The number of aliphatic hydroxyl groups excluding tert-OH is 1. The van der Waals surface area contributed by atoms with Gasteiger partial charge in [-0.05, 0) is 7.05 Å². The second-order valence-corrected chi connectivity index (χ2v) is 3.98. The fourth-order valence-electron chi connectivity index (χ4n) is 1.82. The summed E-state index contributed by atoms with van der Waals surface area (Å²) in [6.07, 6.45) is -3.07. The molecule has 0 radical (unpaired) electrons. The van der Waals surface area contributed by atoms with Crippen LogP contribution >= 0.6 is 0 Å². The Labute approximate surface area is 97.9 Å². The summed E-state index contributed by atoms with van der Waals surface area (Å²) in [5.74, 6) is 0. The number of hydrogen-bond donors (Lipinski definition) is 3. The number of hydrogen-bond acceptors (Lipinski definition) is 9. The number of likely N-dealkylation sites (N-methyl/N-ethyl adjacent to an activating group) is 1. The van der Waals surface area contributed by atoms with E-state index in [1.807, 2.05) is 0 Å². The van der Waals surface area contributed by atoms with Gasteiger partial charge in [0.25, 0.3) is 0 Å². The third kappa shape index (κ3) is 2.91. The summed E-state index contributed by atoms with van der Waals surface area (Å²) in [6.45, 7) is -0.702. The molecule has 0 saturated carbocycles. The molecule has 0 bridgehead atoms. The van der Waals surface area contributed by atoms with Crippen LogP contribution in [0.25, 0.3) is 0 Å². The first-order valence-electron chi connectivity index (χ1n) is 4.92. The van der Waals surface area contributed by atoms with Crippen LogP contribution in [0.5, 0.6) is 0 Å². The molecular weight excluding hydrogens is 236 g/mol. The molecule has 0 spiro atoms. The maximum atomic E-state index is 11.2. The summed E-state index contributed by atoms with van der Waals surface area (Å²) in [7, 11) is 2.32. The van der Waals surface area contributed by atoms with Gasteiger partial charge in [0.1, 0.15) is 11.8 Å². The van der Waals surface area contributed by atoms with Gasteiger partial charge in [-0.3, -0.25) is 0 Å². The Balaban J connectivity index is 2.92. The van der Waals surface area contributed by atoms with Crippen molar-refractivity contribution in [2.45, 2.75) is 30.6 Å². The third-order valence-corrected chi connectivity index (χ3v) is 2.77. The van der Waals surface area contributed by atoms with E-state index in [1.165, 1.54) is 7.11 Å². The molecule has 9 nitrogen and oxygen atoms in total. The van der Waals surface area contributed by atoms with Gasteiger partial charge in [0.15, 0.2) is 6.29 Å². The summed E-state index contributed by atoms with van der Waals surface area (Å²) >= 11 is 0. The Morgan fingerprint density at radius 3 is 2.47 bits per heavy atom. The standard InChI is InChI=1S/C8H16N2O7/c1-9(13)5-3-8(12,4-11)7(16-2)17-6(5)10(14)15/h5-7,11-12,14H,3-4H2,1-2H3/q-2/t5-,6?,7-,8?/m0/s1. The highest BCUT2D eigenvalue weighted by Gasteiger charge is 2.48. The number of methoxy groups -OCH3 is 1. The number of ether oxygens (including phenoxy) is 2. The van der Waals surface area contributed by atoms with E-state index < -0.39 is 36.0 Å². The van der Waals surface area contributed by atoms with Crippen LogP contribution in [0.3, 0.4) is 0 Å². The fraction of sp³-hybridized carbons (Fsp3) is 1.00. The SMILES string of the molecule is CO[C@H]1OC(N([O-])O)[C@@H](N(C)[O-])CC1(O)CO. The maximum Gasteiger partial charge on any atom is 0.190 e. The number of aliphatic hydroxyl groups is 2. The molecule has 3 N–H and O–H groups in total. The molecule has 1 aliphatic rings. The molecule has 1 fully saturated rings. The van der Waals surface area contributed by atoms with Crippen molar-refractivity contribution in [1.29, 1.82) is 0 Å². The van der Waals surface area contributed by atoms with E-state index in [-0.39, 0.29) is 6.42 Å². The van der Waals surface area contributed by atoms with Crippen LogP contribution in [0.4, 0.5) is 0 Å². The number of hydroxylamine groups is 4. The highest BCUT2D eigenvalue weighted by Crippen LogP contribution is 2.32. The van der Waals surface area contributed by atoms with Crippen LogP contribution in [-0.4, -0.2) is 70.6 Å². The third-order valence-electron chi connectivity index (χ3n) is 2.77. The van der Waals surface area contributed by atoms with E-state index in [1.54, 1.807) is 0 Å². The van der Waals surface area contributed by atoms with Gasteiger partial charge in [-0.15, -0.1) is 0 Å². The van der Waals surface area contributed by atoms with Gasteiger partial charge in [-0.25, -0.2) is 5.23 Å². The van der Waals surface area contributed by atoms with E-state index in [9.17, 15) is 15.5 Å². The van der Waals surface area contributed by atoms with Crippen molar-refractivity contribution in [2.75, 3.05) is 20.8 Å². The lowest BCUT2D eigenvalue weighted by molar-refractivity contribution is -0.342. The molecule has 17 heavy (non-hydrogen) atoms. The van der Waals surface area contributed by atoms with Crippen molar-refractivity contribution >= 4 is 0 Å². The first-order chi connectivity index (χ1) is 7.85. The molecule has 0 aromatic carbocycles. The van der Waals surface area contributed by atoms with E-state index in [2.05, 4.69) is 0 Å². The first-order valence-corrected chi connectivity index (χ1v) is 4.92. The lowest BCUT2D eigenvalue weighted by Gasteiger charge is -2.52. The Hall–Kier alpha value is -0.360. The zero-order chi connectivity index (χ0) is 13.2. The Morgan fingerprint density at radius 2 is 2.12 bits per heavy atom. The molecule has 1 saturated heterocycles. The molecular formula is C8H16N2O7-2. The van der Waals surface area contributed by atoms with Gasteiger partial charge in [-0.1, -0.05) is 0 Å². The van der Waals surface area contributed by atoms with Crippen LogP contribution in [-0.2, 0) is 9.47 Å². The monoisotopic (exact) mass is 252 g/mol. The minimum atomic E-state index is -1.80. The molecule has 1 rings (SSSR count). The van der Waals surface area contributed by atoms with Crippen LogP contribution in [0.15, 0.2) is 0 Å². The number of rotatable bonds is 4. The normalized spacial score (nSPS) is 39.0. The summed E-state index contributed by atoms with van der Waals surface area (Å²) in [6, 6.07) is -1.12. The van der Waals surface area contributed by atoms with Crippen LogP contribution in [0.1, 0.15) is 6.42 Å². The largest absolute Gasteiger partial charge is 0.785 e. The molecule has 102 valence electrons. The molecule has 0 aromatic heterocycles. The molecule has 0 aliphatic carbocycles. The zero-order valence-electron chi connectivity index (χ0n) is 9.52. The Kier molecular flexibility index (Phi) is 4.77. The fourth-order valence-corrected chi connectivity index (χ4v) is 1.82. The smallest absolute Gasteiger partial charge is 0.190 e. The predicted molar refractivity (Wildman–Crippen MR) is 54.2 cm³/mol. The topological polar surface area (TPSA) is 132 Å². The molecule has 2 unspecified atom stereocenters. The summed E-state index contributed by atoms with van der Waals surface area (Å²) < 4.78 is 9.74. The van der Waals surface area contributed by atoms with Gasteiger partial charge >= 0.3 is 0 Å². The van der Waals surface area contributed by atoms with E-state index in [4.69, 9.17) is 19.8 Å². The van der Waals surface area contributed by atoms with Gasteiger partial charge in [-0.2, -0.15) is 0 Å². The summed E-state index contributed by atoms with van der Waals surface area (Å²) in [4.78, 5) is 0. The Bertz CT molecular complexity index is 252. The lowest BCUT2D eigenvalue weighted by atomic mass is 9.91. The molecule has 9 heteroatoms. The van der Waals surface area contributed by atoms with Gasteiger partial charge < -0.3 is 40.4 Å². The van der Waals surface area contributed by atoms with Gasteiger partial charge in [0.05, 0.1) is 6.61 Å². The Morgan fingerprint density at radius 1 is 1.53 bits per heavy atom. The van der Waals surface area contributed by atoms with Gasteiger partial charge in [0.2, 0.25) is 0 Å². The van der Waals surface area contributed by atoms with Crippen molar-refractivity contribution < 1.29 is 24.9 Å². The minimum Gasteiger partial charge on any atom is -0.785 e. The average Bonchev–Trinajstić information content (AvgIpc) is 2.28. The van der Waals surface area contributed by atoms with Crippen molar-refractivity contribution in [3.05, 3.63) is 10.4 Å². The molecule has 0 amide bonds. The second kappa shape index (κ2) is 5.52. The minimum absolute atomic E-state index is 0.272. The molecule has 1 heterocycles. The van der Waals surface area contributed by atoms with Crippen molar-refractivity contribution in [1.82, 2.24) is 10.3 Å². The van der Waals surface area contributed by atoms with Crippen LogP contribution in [0.2, 0.25) is 0 Å². The second-order valence-electron chi connectivity index (χ2n) is 3.98. The average molecular weight is 252 g/mol. The van der Waals surface area contributed by atoms with Gasteiger partial charge in [0, 0.05) is 19.6 Å². The highest BCUT2D eigenvalue weighted by molar-refractivity contribution is 4.95. The van der Waals surface area contributed by atoms with Crippen molar-refractivity contribution in [2.24, 2.45) is 0 Å². The molecule has 0 aromatic rings. The first kappa shape index (κ1) is 14.7. The summed E-state index contributed by atoms with van der Waals surface area (Å²) in [5.41, 5.74) is -1.80. The van der Waals surface area contributed by atoms with E-state index in [0.717, 1.165) is 7.05 Å². The molecule has 4 atom stereocenters. The lowest BCUT2D eigenvalue weighted by Crippen LogP contribution is -2.64. The summed E-state index contributed by atoms with van der Waals surface area (Å²) in [5, 5.41) is 49.9. The van der Waals surface area contributed by atoms with Crippen LogP contribution in [0, 0.1) is 10.4 Å². The predicted octanol–water partition coefficient (Wildman–Crippen LogP) is -1.58. The maximum absolute atomic E-state index is 11.2. The van der Waals surface area contributed by atoms with Crippen LogP contribution < -0.4 is 0 Å². The van der Waals surface area contributed by atoms with E-state index in [0.29, 0.717) is 5.06 Å². The quantitative estimate of drug-likeness (QED) is 0.507. The van der Waals surface area contributed by atoms with Crippen molar-refractivity contribution in [3.8, 4) is 0 Å². The number of nitrogens with zero attached hydrogens (tertiary/aromatic N) is 2. The zero-order valence-corrected chi connectivity index (χ0v) is 9.52.